The number of hydrogen-bond donors (Lipinski definition) is 1. The highest BCUT2D eigenvalue weighted by atomic mass is 35.5. The van der Waals surface area contributed by atoms with Crippen molar-refractivity contribution in [2.75, 3.05) is 0 Å². The second-order valence-corrected chi connectivity index (χ2v) is 3.57. The Kier molecular flexibility index (Phi) is 2.88. The fraction of sp³-hybridized carbons (Fsp3) is 0. The Hall–Kier alpha value is -1.87. The molecular weight excluding hydrogens is 222 g/mol. The van der Waals surface area contributed by atoms with Crippen molar-refractivity contribution in [2.45, 2.75) is 0 Å². The fourth-order valence-electron chi connectivity index (χ4n) is 1.43. The van der Waals surface area contributed by atoms with E-state index in [1.165, 1.54) is 6.08 Å². The number of benzene rings is 1. The zero-order chi connectivity index (χ0) is 11.5. The molecule has 4 heteroatoms. The van der Waals surface area contributed by atoms with Crippen LogP contribution in [-0.4, -0.2) is 16.7 Å². The molecule has 1 aromatic carbocycles. The summed E-state index contributed by atoms with van der Waals surface area (Å²) in [5.74, 6) is 0.598. The molecule has 80 valence electrons. The summed E-state index contributed by atoms with van der Waals surface area (Å²) in [6, 6.07) is 7.71. The van der Waals surface area contributed by atoms with Gasteiger partial charge in [-0.25, -0.2) is 4.98 Å². The van der Waals surface area contributed by atoms with Crippen molar-refractivity contribution < 1.29 is 0 Å². The SMILES string of the molecule is C=CC(Cl)=C(N=C)c1nc2ccccc2[nH]1. The van der Waals surface area contributed by atoms with Crippen molar-refractivity contribution in [3.05, 3.63) is 47.8 Å². The van der Waals surface area contributed by atoms with E-state index in [0.717, 1.165) is 11.0 Å². The molecule has 0 saturated carbocycles. The highest BCUT2D eigenvalue weighted by Gasteiger charge is 2.08. The van der Waals surface area contributed by atoms with Gasteiger partial charge in [0.25, 0.3) is 0 Å². The van der Waals surface area contributed by atoms with Crippen molar-refractivity contribution in [3.8, 4) is 0 Å². The van der Waals surface area contributed by atoms with Gasteiger partial charge in [0.05, 0.1) is 16.1 Å². The molecule has 0 atom stereocenters. The van der Waals surface area contributed by atoms with Crippen molar-refractivity contribution in [1.29, 1.82) is 0 Å². The second-order valence-electron chi connectivity index (χ2n) is 3.16. The first-order valence-corrected chi connectivity index (χ1v) is 5.08. The fourth-order valence-corrected chi connectivity index (χ4v) is 1.57. The number of imidazole rings is 1. The molecule has 0 aliphatic heterocycles. The lowest BCUT2D eigenvalue weighted by molar-refractivity contribution is 1.24. The molecule has 16 heavy (non-hydrogen) atoms. The van der Waals surface area contributed by atoms with Gasteiger partial charge in [-0.1, -0.05) is 30.3 Å². The number of para-hydroxylation sites is 2. The van der Waals surface area contributed by atoms with Gasteiger partial charge in [-0.15, -0.1) is 0 Å². The first kappa shape index (κ1) is 10.6. The summed E-state index contributed by atoms with van der Waals surface area (Å²) < 4.78 is 0. The minimum absolute atomic E-state index is 0.425. The van der Waals surface area contributed by atoms with E-state index < -0.39 is 0 Å². The van der Waals surface area contributed by atoms with Gasteiger partial charge in [-0.2, -0.15) is 0 Å². The first-order valence-electron chi connectivity index (χ1n) is 4.70. The predicted molar refractivity (Wildman–Crippen MR) is 68.6 cm³/mol. The Bertz CT molecular complexity index is 548. The second kappa shape index (κ2) is 4.33. The van der Waals surface area contributed by atoms with Crippen molar-refractivity contribution in [1.82, 2.24) is 9.97 Å². The predicted octanol–water partition coefficient (Wildman–Crippen LogP) is 3.36. The highest BCUT2D eigenvalue weighted by Crippen LogP contribution is 2.23. The lowest BCUT2D eigenvalue weighted by atomic mass is 10.3. The van der Waals surface area contributed by atoms with E-state index in [-0.39, 0.29) is 0 Å². The first-order chi connectivity index (χ1) is 7.76. The van der Waals surface area contributed by atoms with Crippen LogP contribution in [0.4, 0.5) is 0 Å². The van der Waals surface area contributed by atoms with Gasteiger partial charge >= 0.3 is 0 Å². The molecule has 0 aliphatic carbocycles. The number of aromatic amines is 1. The Balaban J connectivity index is 2.63. The van der Waals surface area contributed by atoms with Crippen molar-refractivity contribution in [2.24, 2.45) is 4.99 Å². The molecule has 1 aromatic heterocycles. The van der Waals surface area contributed by atoms with Crippen LogP contribution in [0.3, 0.4) is 0 Å². The summed E-state index contributed by atoms with van der Waals surface area (Å²) in [6.45, 7) is 7.07. The van der Waals surface area contributed by atoms with Gasteiger partial charge in [0, 0.05) is 0 Å². The van der Waals surface area contributed by atoms with E-state index in [1.807, 2.05) is 24.3 Å². The molecule has 0 bridgehead atoms. The molecular formula is C12H10ClN3. The summed E-state index contributed by atoms with van der Waals surface area (Å²) in [6.07, 6.45) is 1.51. The van der Waals surface area contributed by atoms with Crippen molar-refractivity contribution >= 4 is 35.0 Å². The maximum atomic E-state index is 5.96. The molecule has 0 spiro atoms. The lowest BCUT2D eigenvalue weighted by Crippen LogP contribution is -1.85. The number of aliphatic imine (C=N–C) groups is 1. The zero-order valence-corrected chi connectivity index (χ0v) is 9.33. The van der Waals surface area contributed by atoms with Gasteiger partial charge in [0.2, 0.25) is 0 Å². The molecule has 0 radical (unpaired) electrons. The maximum absolute atomic E-state index is 5.96. The number of rotatable bonds is 3. The average Bonchev–Trinajstić information content (AvgIpc) is 2.72. The molecule has 2 rings (SSSR count). The van der Waals surface area contributed by atoms with Gasteiger partial charge in [-0.3, -0.25) is 4.99 Å². The van der Waals surface area contributed by atoms with Crippen LogP contribution in [0.5, 0.6) is 0 Å². The standard InChI is InChI=1S/C12H10ClN3/c1-3-8(13)11(14-2)12-15-9-6-4-5-7-10(9)16-12/h3-7H,1-2H2,(H,15,16). The van der Waals surface area contributed by atoms with E-state index in [2.05, 4.69) is 28.3 Å². The highest BCUT2D eigenvalue weighted by molar-refractivity contribution is 6.34. The summed E-state index contributed by atoms with van der Waals surface area (Å²) >= 11 is 5.96. The minimum Gasteiger partial charge on any atom is -0.337 e. The summed E-state index contributed by atoms with van der Waals surface area (Å²) in [7, 11) is 0. The van der Waals surface area contributed by atoms with Crippen LogP contribution in [0, 0.1) is 0 Å². The molecule has 0 aliphatic rings. The molecule has 1 N–H and O–H groups in total. The van der Waals surface area contributed by atoms with Gasteiger partial charge in [0.1, 0.15) is 5.70 Å². The number of nitrogens with one attached hydrogen (secondary N) is 1. The Morgan fingerprint density at radius 1 is 1.44 bits per heavy atom. The number of allylic oxidation sites excluding steroid dienone is 2. The zero-order valence-electron chi connectivity index (χ0n) is 8.57. The summed E-state index contributed by atoms with van der Waals surface area (Å²) in [5, 5.41) is 0.425. The van der Waals surface area contributed by atoms with E-state index in [0.29, 0.717) is 16.6 Å². The van der Waals surface area contributed by atoms with Crippen LogP contribution in [-0.2, 0) is 0 Å². The monoisotopic (exact) mass is 231 g/mol. The number of fused-ring (bicyclic) bond motifs is 1. The third kappa shape index (κ3) is 1.77. The number of hydrogen-bond acceptors (Lipinski definition) is 2. The van der Waals surface area contributed by atoms with E-state index >= 15 is 0 Å². The summed E-state index contributed by atoms with van der Waals surface area (Å²) in [5.41, 5.74) is 2.31. The number of aromatic nitrogens is 2. The molecule has 0 amide bonds. The van der Waals surface area contributed by atoms with E-state index in [1.54, 1.807) is 0 Å². The topological polar surface area (TPSA) is 41.0 Å². The maximum Gasteiger partial charge on any atom is 0.158 e. The minimum atomic E-state index is 0.425. The lowest BCUT2D eigenvalue weighted by Gasteiger charge is -1.97. The van der Waals surface area contributed by atoms with Crippen LogP contribution >= 0.6 is 11.6 Å². The largest absolute Gasteiger partial charge is 0.337 e. The van der Waals surface area contributed by atoms with Crippen molar-refractivity contribution in [3.63, 3.8) is 0 Å². The summed E-state index contributed by atoms with van der Waals surface area (Å²) in [4.78, 5) is 11.4. The van der Waals surface area contributed by atoms with Crippen LogP contribution in [0.15, 0.2) is 46.9 Å². The molecule has 0 saturated heterocycles. The molecule has 1 heterocycles. The Morgan fingerprint density at radius 2 is 2.19 bits per heavy atom. The van der Waals surface area contributed by atoms with Crippen LogP contribution in [0.1, 0.15) is 5.82 Å². The molecule has 0 fully saturated rings. The van der Waals surface area contributed by atoms with Gasteiger partial charge in [0.15, 0.2) is 5.82 Å². The number of H-pyrrole nitrogens is 1. The van der Waals surface area contributed by atoms with E-state index in [4.69, 9.17) is 11.6 Å². The normalized spacial score (nSPS) is 12.3. The number of nitrogens with zero attached hydrogens (tertiary/aromatic N) is 2. The quantitative estimate of drug-likeness (QED) is 0.639. The Labute approximate surface area is 98.2 Å². The average molecular weight is 232 g/mol. The van der Waals surface area contributed by atoms with Crippen LogP contribution in [0.2, 0.25) is 0 Å². The Morgan fingerprint density at radius 3 is 2.81 bits per heavy atom. The van der Waals surface area contributed by atoms with E-state index in [9.17, 15) is 0 Å². The molecule has 0 unspecified atom stereocenters. The number of halogens is 1. The van der Waals surface area contributed by atoms with Crippen LogP contribution < -0.4 is 0 Å². The van der Waals surface area contributed by atoms with Gasteiger partial charge < -0.3 is 4.98 Å². The third-order valence-corrected chi connectivity index (χ3v) is 2.51. The van der Waals surface area contributed by atoms with Gasteiger partial charge in [-0.05, 0) is 24.9 Å². The smallest absolute Gasteiger partial charge is 0.158 e. The molecule has 3 nitrogen and oxygen atoms in total. The third-order valence-electron chi connectivity index (χ3n) is 2.18. The molecule has 2 aromatic rings. The van der Waals surface area contributed by atoms with Crippen LogP contribution in [0.25, 0.3) is 16.7 Å².